The van der Waals surface area contributed by atoms with E-state index in [1.165, 1.54) is 11.3 Å². The molecule has 4 aromatic heterocycles. The van der Waals surface area contributed by atoms with Crippen LogP contribution >= 0.6 is 11.3 Å². The van der Waals surface area contributed by atoms with Gasteiger partial charge < -0.3 is 10.4 Å². The third kappa shape index (κ3) is 3.51. The number of H-pyrrole nitrogens is 1. The van der Waals surface area contributed by atoms with E-state index in [1.54, 1.807) is 34.8 Å². The van der Waals surface area contributed by atoms with E-state index < -0.39 is 5.60 Å². The molecule has 152 valence electrons. The van der Waals surface area contributed by atoms with E-state index in [4.69, 9.17) is 0 Å². The number of hydrogen-bond acceptors (Lipinski definition) is 7. The van der Waals surface area contributed by atoms with Crippen molar-refractivity contribution in [3.8, 4) is 22.0 Å². The Balaban J connectivity index is 1.43. The molecule has 9 nitrogen and oxygen atoms in total. The minimum atomic E-state index is -0.671. The summed E-state index contributed by atoms with van der Waals surface area (Å²) in [6.45, 7) is 1.81. The molecule has 1 aliphatic carbocycles. The largest absolute Gasteiger partial charge is 0.390 e. The number of aromatic amines is 1. The SMILES string of the molecule is C[C@]1(O)C[C@@H](n2cc(NC(=O)c3csc(-c4cn[nH]c4)n3)c(-c3ccccn3)n2)C1. The molecule has 0 bridgehead atoms. The van der Waals surface area contributed by atoms with Gasteiger partial charge >= 0.3 is 0 Å². The molecule has 10 heteroatoms. The summed E-state index contributed by atoms with van der Waals surface area (Å²) in [4.78, 5) is 21.6. The number of carbonyl (C=O) groups is 1. The normalized spacial score (nSPS) is 20.7. The first kappa shape index (κ1) is 18.6. The molecule has 3 N–H and O–H groups in total. The fourth-order valence-corrected chi connectivity index (χ4v) is 4.35. The topological polar surface area (TPSA) is 122 Å². The Morgan fingerprint density at radius 2 is 2.27 bits per heavy atom. The van der Waals surface area contributed by atoms with Gasteiger partial charge in [0.15, 0.2) is 0 Å². The van der Waals surface area contributed by atoms with Crippen LogP contribution < -0.4 is 5.32 Å². The number of nitrogens with zero attached hydrogens (tertiary/aromatic N) is 5. The van der Waals surface area contributed by atoms with Gasteiger partial charge in [0.1, 0.15) is 16.4 Å². The van der Waals surface area contributed by atoms with Crippen molar-refractivity contribution in [2.75, 3.05) is 5.32 Å². The lowest BCUT2D eigenvalue weighted by molar-refractivity contribution is -0.0542. The zero-order valence-electron chi connectivity index (χ0n) is 16.1. The van der Waals surface area contributed by atoms with Crippen molar-refractivity contribution < 1.29 is 9.90 Å². The third-order valence-electron chi connectivity index (χ3n) is 5.09. The smallest absolute Gasteiger partial charge is 0.275 e. The standard InChI is InChI=1S/C20H19N7O2S/c1-20(29)6-13(7-20)27-10-15(17(26-27)14-4-2-3-5-21-14)24-18(28)16-11-30-19(25-16)12-8-22-23-9-12/h2-5,8-11,13,29H,6-7H2,1H3,(H,22,23)(H,24,28)/t13-,20+. The highest BCUT2D eigenvalue weighted by Gasteiger charge is 2.40. The predicted molar refractivity (Wildman–Crippen MR) is 112 cm³/mol. The van der Waals surface area contributed by atoms with Gasteiger partial charge in [0.05, 0.1) is 29.2 Å². The summed E-state index contributed by atoms with van der Waals surface area (Å²) >= 11 is 1.38. The number of amides is 1. The van der Waals surface area contributed by atoms with E-state index in [2.05, 4.69) is 30.6 Å². The number of rotatable bonds is 5. The molecule has 1 amide bonds. The van der Waals surface area contributed by atoms with Crippen molar-refractivity contribution in [2.24, 2.45) is 0 Å². The van der Waals surface area contributed by atoms with Crippen molar-refractivity contribution >= 4 is 22.9 Å². The van der Waals surface area contributed by atoms with Crippen LogP contribution in [0.5, 0.6) is 0 Å². The second-order valence-corrected chi connectivity index (χ2v) is 8.48. The maximum absolute atomic E-state index is 12.9. The number of hydrogen-bond donors (Lipinski definition) is 3. The molecule has 0 atom stereocenters. The Morgan fingerprint density at radius 3 is 2.97 bits per heavy atom. The molecule has 0 saturated heterocycles. The third-order valence-corrected chi connectivity index (χ3v) is 5.99. The second-order valence-electron chi connectivity index (χ2n) is 7.62. The van der Waals surface area contributed by atoms with E-state index in [9.17, 15) is 9.90 Å². The highest BCUT2D eigenvalue weighted by atomic mass is 32.1. The van der Waals surface area contributed by atoms with Crippen molar-refractivity contribution in [1.29, 1.82) is 0 Å². The minimum Gasteiger partial charge on any atom is -0.390 e. The number of thiazole rings is 1. The lowest BCUT2D eigenvalue weighted by atomic mass is 9.77. The average molecular weight is 421 g/mol. The summed E-state index contributed by atoms with van der Waals surface area (Å²) in [6.07, 6.45) is 8.11. The van der Waals surface area contributed by atoms with Gasteiger partial charge in [-0.3, -0.25) is 19.6 Å². The summed E-state index contributed by atoms with van der Waals surface area (Å²) in [5.74, 6) is -0.321. The predicted octanol–water partition coefficient (Wildman–Crippen LogP) is 3.13. The quantitative estimate of drug-likeness (QED) is 0.455. The van der Waals surface area contributed by atoms with Gasteiger partial charge in [-0.15, -0.1) is 11.3 Å². The fourth-order valence-electron chi connectivity index (χ4n) is 3.57. The van der Waals surface area contributed by atoms with Gasteiger partial charge in [-0.05, 0) is 31.9 Å². The number of carbonyl (C=O) groups excluding carboxylic acids is 1. The lowest BCUT2D eigenvalue weighted by Crippen LogP contribution is -2.42. The number of aromatic nitrogens is 6. The highest BCUT2D eigenvalue weighted by molar-refractivity contribution is 7.13. The Hall–Kier alpha value is -3.37. The molecule has 1 fully saturated rings. The molecule has 1 saturated carbocycles. The lowest BCUT2D eigenvalue weighted by Gasteiger charge is -2.40. The molecule has 4 heterocycles. The van der Waals surface area contributed by atoms with Crippen LogP contribution in [0.3, 0.4) is 0 Å². The first-order chi connectivity index (χ1) is 14.5. The Kier molecular flexibility index (Phi) is 4.44. The van der Waals surface area contributed by atoms with Crippen LogP contribution in [0.15, 0.2) is 48.4 Å². The monoisotopic (exact) mass is 421 g/mol. The summed E-state index contributed by atoms with van der Waals surface area (Å²) in [6, 6.07) is 5.63. The number of aliphatic hydroxyl groups is 1. The van der Waals surface area contributed by atoms with Crippen LogP contribution in [0.4, 0.5) is 5.69 Å². The number of anilines is 1. The Morgan fingerprint density at radius 1 is 1.40 bits per heavy atom. The molecule has 4 aromatic rings. The highest BCUT2D eigenvalue weighted by Crippen LogP contribution is 2.42. The van der Waals surface area contributed by atoms with Crippen molar-refractivity contribution in [3.05, 3.63) is 54.1 Å². The van der Waals surface area contributed by atoms with E-state index in [0.29, 0.717) is 40.6 Å². The van der Waals surface area contributed by atoms with Gasteiger partial charge in [-0.1, -0.05) is 6.07 Å². The maximum Gasteiger partial charge on any atom is 0.275 e. The average Bonchev–Trinajstić information content (AvgIpc) is 3.46. The fraction of sp³-hybridized carbons (Fsp3) is 0.250. The second kappa shape index (κ2) is 7.15. The minimum absolute atomic E-state index is 0.0834. The first-order valence-electron chi connectivity index (χ1n) is 9.47. The molecule has 5 rings (SSSR count). The number of pyridine rings is 1. The van der Waals surface area contributed by atoms with Gasteiger partial charge in [0.2, 0.25) is 0 Å². The zero-order chi connectivity index (χ0) is 20.7. The van der Waals surface area contributed by atoms with Gasteiger partial charge in [0, 0.05) is 29.5 Å². The molecular formula is C20H19N7O2S. The Bertz CT molecular complexity index is 1170. The van der Waals surface area contributed by atoms with Gasteiger partial charge in [-0.2, -0.15) is 10.2 Å². The van der Waals surface area contributed by atoms with Crippen molar-refractivity contribution in [3.63, 3.8) is 0 Å². The molecule has 30 heavy (non-hydrogen) atoms. The maximum atomic E-state index is 12.9. The van der Waals surface area contributed by atoms with Crippen molar-refractivity contribution in [2.45, 2.75) is 31.4 Å². The van der Waals surface area contributed by atoms with Gasteiger partial charge in [-0.25, -0.2) is 4.98 Å². The summed E-state index contributed by atoms with van der Waals surface area (Å²) in [5, 5.41) is 26.7. The van der Waals surface area contributed by atoms with Gasteiger partial charge in [0.25, 0.3) is 5.91 Å². The Labute approximate surface area is 175 Å². The van der Waals surface area contributed by atoms with Crippen LogP contribution in [0.1, 0.15) is 36.3 Å². The van der Waals surface area contributed by atoms with E-state index in [0.717, 1.165) is 5.56 Å². The summed E-state index contributed by atoms with van der Waals surface area (Å²) in [5.41, 5.74) is 2.29. The summed E-state index contributed by atoms with van der Waals surface area (Å²) < 4.78 is 1.80. The molecule has 0 aromatic carbocycles. The molecule has 0 spiro atoms. The molecule has 0 aliphatic heterocycles. The summed E-state index contributed by atoms with van der Waals surface area (Å²) in [7, 11) is 0. The van der Waals surface area contributed by atoms with Crippen LogP contribution in [0, 0.1) is 0 Å². The molecule has 0 unspecified atom stereocenters. The van der Waals surface area contributed by atoms with Crippen LogP contribution in [0.2, 0.25) is 0 Å². The van der Waals surface area contributed by atoms with Crippen LogP contribution in [-0.4, -0.2) is 46.6 Å². The van der Waals surface area contributed by atoms with Crippen LogP contribution in [0.25, 0.3) is 22.0 Å². The zero-order valence-corrected chi connectivity index (χ0v) is 16.9. The van der Waals surface area contributed by atoms with E-state index in [1.807, 2.05) is 25.1 Å². The molecular weight excluding hydrogens is 402 g/mol. The van der Waals surface area contributed by atoms with E-state index in [-0.39, 0.29) is 11.9 Å². The van der Waals surface area contributed by atoms with E-state index >= 15 is 0 Å². The molecule has 1 aliphatic rings. The number of nitrogens with one attached hydrogen (secondary N) is 2. The molecule has 0 radical (unpaired) electrons. The first-order valence-corrected chi connectivity index (χ1v) is 10.4. The van der Waals surface area contributed by atoms with Crippen LogP contribution in [-0.2, 0) is 0 Å². The van der Waals surface area contributed by atoms with Crippen molar-refractivity contribution in [1.82, 2.24) is 29.9 Å².